The third-order valence-electron chi connectivity index (χ3n) is 7.62. The fourth-order valence-corrected chi connectivity index (χ4v) is 5.32. The molecule has 0 radical (unpaired) electrons. The van der Waals surface area contributed by atoms with Gasteiger partial charge in [0.05, 0.1) is 18.5 Å². The first-order valence-corrected chi connectivity index (χ1v) is 13.3. The van der Waals surface area contributed by atoms with Gasteiger partial charge in [0.1, 0.15) is 5.75 Å². The number of rotatable bonds is 7. The van der Waals surface area contributed by atoms with Gasteiger partial charge in [0, 0.05) is 74.1 Å². The lowest BCUT2D eigenvalue weighted by molar-refractivity contribution is 0.312. The van der Waals surface area contributed by atoms with E-state index in [1.807, 2.05) is 25.4 Å². The number of hydrogen-bond donors (Lipinski definition) is 3. The minimum Gasteiger partial charge on any atom is -0.494 e. The van der Waals surface area contributed by atoms with E-state index >= 15 is 0 Å². The average Bonchev–Trinajstić information content (AvgIpc) is 2.95. The van der Waals surface area contributed by atoms with Crippen LogP contribution in [0.15, 0.2) is 60.4 Å². The molecule has 2 aliphatic rings. The lowest BCUT2D eigenvalue weighted by atomic mass is 9.84. The molecule has 1 unspecified atom stereocenters. The minimum atomic E-state index is 0.0936. The van der Waals surface area contributed by atoms with E-state index in [4.69, 9.17) is 15.1 Å². The highest BCUT2D eigenvalue weighted by Crippen LogP contribution is 2.36. The number of likely N-dealkylation sites (N-methyl/N-ethyl adjacent to an activating group) is 2. The van der Waals surface area contributed by atoms with Gasteiger partial charge in [-0.3, -0.25) is 0 Å². The molecule has 38 heavy (non-hydrogen) atoms. The number of nitrogens with zero attached hydrogens (tertiary/aromatic N) is 4. The summed E-state index contributed by atoms with van der Waals surface area (Å²) in [6, 6.07) is 16.6. The Labute approximate surface area is 225 Å². The SMILES string of the molecule is CN/C(=C1\C(=N)CCc2cnc(Nc3ccc(N4CCN(C)CC4)cc3OC)nc21)C(C)c1ccccc1. The van der Waals surface area contributed by atoms with Gasteiger partial charge >= 0.3 is 0 Å². The quantitative estimate of drug-likeness (QED) is 0.424. The van der Waals surface area contributed by atoms with Crippen molar-refractivity contribution in [1.29, 1.82) is 5.41 Å². The number of methoxy groups -OCH3 is 1. The van der Waals surface area contributed by atoms with E-state index in [1.54, 1.807) is 7.11 Å². The predicted molar refractivity (Wildman–Crippen MR) is 155 cm³/mol. The molecule has 3 aromatic rings. The van der Waals surface area contributed by atoms with Gasteiger partial charge < -0.3 is 30.6 Å². The normalized spacial score (nSPS) is 18.0. The number of ether oxygens (including phenoxy) is 1. The van der Waals surface area contributed by atoms with Crippen LogP contribution in [0.3, 0.4) is 0 Å². The molecule has 1 aliphatic carbocycles. The highest BCUT2D eigenvalue weighted by Gasteiger charge is 2.27. The molecule has 0 saturated carbocycles. The van der Waals surface area contributed by atoms with Crippen molar-refractivity contribution in [3.8, 4) is 5.75 Å². The number of piperazine rings is 1. The summed E-state index contributed by atoms with van der Waals surface area (Å²) in [5, 5.41) is 15.6. The number of aryl methyl sites for hydroxylation is 1. The van der Waals surface area contributed by atoms with Gasteiger partial charge in [-0.2, -0.15) is 0 Å². The largest absolute Gasteiger partial charge is 0.494 e. The standard InChI is InChI=1S/C30H37N7O/c1-20(21-8-6-5-7-9-21)28(32-2)27-24(31)12-10-22-19-33-30(35-29(22)27)34-25-13-11-23(18-26(25)38-4)37-16-14-36(3)15-17-37/h5-9,11,13,18-20,31-32H,10,12,14-17H2,1-4H3,(H,33,34,35)/b28-27+,31-24?. The smallest absolute Gasteiger partial charge is 0.227 e. The van der Waals surface area contributed by atoms with Crippen molar-refractivity contribution < 1.29 is 4.74 Å². The molecule has 5 rings (SSSR count). The highest BCUT2D eigenvalue weighted by molar-refractivity contribution is 6.24. The molecule has 0 bridgehead atoms. The van der Waals surface area contributed by atoms with Crippen LogP contribution in [-0.2, 0) is 6.42 Å². The molecule has 8 heteroatoms. The number of nitrogens with one attached hydrogen (secondary N) is 3. The molecule has 1 aromatic heterocycles. The van der Waals surface area contributed by atoms with Crippen molar-refractivity contribution in [2.75, 3.05) is 57.6 Å². The van der Waals surface area contributed by atoms with Gasteiger partial charge in [-0.05, 0) is 43.1 Å². The monoisotopic (exact) mass is 511 g/mol. The summed E-state index contributed by atoms with van der Waals surface area (Å²) in [6.07, 6.45) is 3.33. The second-order valence-electron chi connectivity index (χ2n) is 10.0. The molecule has 1 fully saturated rings. The Morgan fingerprint density at radius 3 is 2.53 bits per heavy atom. The molecule has 2 aromatic carbocycles. The first-order chi connectivity index (χ1) is 18.5. The van der Waals surface area contributed by atoms with Gasteiger partial charge in [-0.1, -0.05) is 37.3 Å². The number of benzene rings is 2. The molecule has 1 aliphatic heterocycles. The van der Waals surface area contributed by atoms with Crippen LogP contribution in [0.4, 0.5) is 17.3 Å². The maximum atomic E-state index is 8.85. The van der Waals surface area contributed by atoms with Crippen LogP contribution in [0.25, 0.3) is 5.57 Å². The van der Waals surface area contributed by atoms with Crippen LogP contribution < -0.4 is 20.3 Å². The van der Waals surface area contributed by atoms with Gasteiger partial charge in [0.25, 0.3) is 0 Å². The second-order valence-corrected chi connectivity index (χ2v) is 10.0. The average molecular weight is 512 g/mol. The second kappa shape index (κ2) is 11.2. The zero-order valence-corrected chi connectivity index (χ0v) is 22.7. The highest BCUT2D eigenvalue weighted by atomic mass is 16.5. The Morgan fingerprint density at radius 2 is 1.82 bits per heavy atom. The first kappa shape index (κ1) is 25.7. The van der Waals surface area contributed by atoms with Crippen LogP contribution in [0.2, 0.25) is 0 Å². The maximum absolute atomic E-state index is 8.85. The lowest BCUT2D eigenvalue weighted by Crippen LogP contribution is -2.44. The number of hydrogen-bond acceptors (Lipinski definition) is 8. The van der Waals surface area contributed by atoms with Crippen molar-refractivity contribution in [2.24, 2.45) is 0 Å². The van der Waals surface area contributed by atoms with E-state index < -0.39 is 0 Å². The molecule has 198 valence electrons. The third kappa shape index (κ3) is 5.22. The molecule has 0 spiro atoms. The number of allylic oxidation sites excluding steroid dienone is 2. The van der Waals surface area contributed by atoms with Gasteiger partial charge in [0.2, 0.25) is 5.95 Å². The van der Waals surface area contributed by atoms with Crippen molar-refractivity contribution in [1.82, 2.24) is 20.2 Å². The van der Waals surface area contributed by atoms with Gasteiger partial charge in [-0.25, -0.2) is 9.97 Å². The topological polar surface area (TPSA) is 89.4 Å². The summed E-state index contributed by atoms with van der Waals surface area (Å²) in [7, 11) is 5.78. The Morgan fingerprint density at radius 1 is 1.05 bits per heavy atom. The molecular weight excluding hydrogens is 474 g/mol. The van der Waals surface area contributed by atoms with Crippen molar-refractivity contribution in [3.63, 3.8) is 0 Å². The summed E-state index contributed by atoms with van der Waals surface area (Å²) < 4.78 is 5.75. The summed E-state index contributed by atoms with van der Waals surface area (Å²) >= 11 is 0. The van der Waals surface area contributed by atoms with Crippen molar-refractivity contribution in [2.45, 2.75) is 25.7 Å². The zero-order valence-electron chi connectivity index (χ0n) is 22.7. The molecule has 1 atom stereocenters. The Balaban J connectivity index is 1.47. The zero-order chi connectivity index (χ0) is 26.6. The fourth-order valence-electron chi connectivity index (χ4n) is 5.32. The van der Waals surface area contributed by atoms with E-state index in [0.717, 1.165) is 72.3 Å². The Bertz CT molecular complexity index is 1330. The van der Waals surface area contributed by atoms with E-state index in [-0.39, 0.29) is 5.92 Å². The minimum absolute atomic E-state index is 0.0936. The molecule has 2 heterocycles. The van der Waals surface area contributed by atoms with Crippen LogP contribution >= 0.6 is 0 Å². The first-order valence-electron chi connectivity index (χ1n) is 13.3. The van der Waals surface area contributed by atoms with Gasteiger partial charge in [0.15, 0.2) is 0 Å². The van der Waals surface area contributed by atoms with Gasteiger partial charge in [-0.15, -0.1) is 0 Å². The summed E-state index contributed by atoms with van der Waals surface area (Å²) in [6.45, 7) is 6.26. The number of anilines is 3. The Kier molecular flexibility index (Phi) is 7.60. The van der Waals surface area contributed by atoms with E-state index in [1.165, 1.54) is 5.56 Å². The fraction of sp³-hybridized carbons (Fsp3) is 0.367. The van der Waals surface area contributed by atoms with E-state index in [0.29, 0.717) is 18.1 Å². The molecule has 0 amide bonds. The van der Waals surface area contributed by atoms with Crippen LogP contribution in [0.5, 0.6) is 5.75 Å². The number of aromatic nitrogens is 2. The molecule has 8 nitrogen and oxygen atoms in total. The molecular formula is C30H37N7O. The van der Waals surface area contributed by atoms with Crippen LogP contribution in [0, 0.1) is 5.41 Å². The Hall–Kier alpha value is -3.91. The lowest BCUT2D eigenvalue weighted by Gasteiger charge is -2.34. The summed E-state index contributed by atoms with van der Waals surface area (Å²) in [5.41, 5.74) is 7.51. The molecule has 3 N–H and O–H groups in total. The van der Waals surface area contributed by atoms with Crippen LogP contribution in [-0.4, -0.2) is 68.0 Å². The van der Waals surface area contributed by atoms with E-state index in [2.05, 4.69) is 75.8 Å². The maximum Gasteiger partial charge on any atom is 0.227 e. The predicted octanol–water partition coefficient (Wildman–Crippen LogP) is 4.68. The van der Waals surface area contributed by atoms with Crippen molar-refractivity contribution in [3.05, 3.63) is 77.2 Å². The molecule has 1 saturated heterocycles. The van der Waals surface area contributed by atoms with Crippen LogP contribution in [0.1, 0.15) is 36.1 Å². The van der Waals surface area contributed by atoms with E-state index in [9.17, 15) is 0 Å². The summed E-state index contributed by atoms with van der Waals surface area (Å²) in [5.74, 6) is 1.33. The third-order valence-corrected chi connectivity index (χ3v) is 7.62. The van der Waals surface area contributed by atoms with Crippen molar-refractivity contribution >= 4 is 28.6 Å². The summed E-state index contributed by atoms with van der Waals surface area (Å²) in [4.78, 5) is 14.3. The number of fused-ring (bicyclic) bond motifs is 1.